The lowest BCUT2D eigenvalue weighted by molar-refractivity contribution is 0.142. The second kappa shape index (κ2) is 4.65. The molecule has 0 saturated heterocycles. The fraction of sp³-hybridized carbons (Fsp3) is 0.636. The second-order valence-corrected chi connectivity index (χ2v) is 4.56. The van der Waals surface area contributed by atoms with Crippen molar-refractivity contribution in [3.63, 3.8) is 0 Å². The molecule has 1 aliphatic rings. The summed E-state index contributed by atoms with van der Waals surface area (Å²) in [6, 6.07) is 3.53. The molecule has 0 radical (unpaired) electrons. The van der Waals surface area contributed by atoms with Crippen LogP contribution < -0.4 is 11.1 Å². The fourth-order valence-corrected chi connectivity index (χ4v) is 2.23. The Kier molecular flexibility index (Phi) is 3.24. The average Bonchev–Trinajstić information content (AvgIpc) is 2.78. The predicted molar refractivity (Wildman–Crippen MR) is 62.9 cm³/mol. The number of nitrogen functional groups attached to an aromatic ring is 1. The molecule has 1 aromatic rings. The minimum atomic E-state index is 0.0308. The molecule has 5 nitrogen and oxygen atoms in total. The Balaban J connectivity index is 1.93. The van der Waals surface area contributed by atoms with E-state index in [2.05, 4.69) is 15.5 Å². The van der Waals surface area contributed by atoms with Crippen LogP contribution in [0.15, 0.2) is 12.1 Å². The predicted octanol–water partition coefficient (Wildman–Crippen LogP) is 1.02. The summed E-state index contributed by atoms with van der Waals surface area (Å²) in [4.78, 5) is 0. The number of nitrogens with zero attached hydrogens (tertiary/aromatic N) is 2. The first kappa shape index (κ1) is 11.1. The summed E-state index contributed by atoms with van der Waals surface area (Å²) in [7, 11) is 0. The highest BCUT2D eigenvalue weighted by Gasteiger charge is 2.32. The number of hydrogen-bond donors (Lipinski definition) is 3. The standard InChI is InChI=1S/C11H18N4O/c12-9-3-4-10(15-14-9)13-7-11(8-16)5-1-2-6-11/h3-4,16H,1-2,5-8H2,(H2,12,14)(H,13,15). The minimum absolute atomic E-state index is 0.0308. The van der Waals surface area contributed by atoms with Gasteiger partial charge in [0, 0.05) is 12.0 Å². The van der Waals surface area contributed by atoms with E-state index < -0.39 is 0 Å². The lowest BCUT2D eigenvalue weighted by Gasteiger charge is -2.26. The Morgan fingerprint density at radius 3 is 2.62 bits per heavy atom. The van der Waals surface area contributed by atoms with Crippen molar-refractivity contribution in [3.8, 4) is 0 Å². The van der Waals surface area contributed by atoms with Crippen molar-refractivity contribution in [1.82, 2.24) is 10.2 Å². The van der Waals surface area contributed by atoms with E-state index in [1.807, 2.05) is 6.07 Å². The highest BCUT2D eigenvalue weighted by molar-refractivity contribution is 5.38. The van der Waals surface area contributed by atoms with Gasteiger partial charge in [0.25, 0.3) is 0 Å². The summed E-state index contributed by atoms with van der Waals surface area (Å²) >= 11 is 0. The molecule has 0 aromatic carbocycles. The summed E-state index contributed by atoms with van der Waals surface area (Å²) < 4.78 is 0. The number of aliphatic hydroxyl groups excluding tert-OH is 1. The molecule has 4 N–H and O–H groups in total. The van der Waals surface area contributed by atoms with Crippen molar-refractivity contribution in [2.45, 2.75) is 25.7 Å². The van der Waals surface area contributed by atoms with Gasteiger partial charge in [0.1, 0.15) is 11.6 Å². The Morgan fingerprint density at radius 1 is 1.31 bits per heavy atom. The molecular formula is C11H18N4O. The number of nitrogens with two attached hydrogens (primary N) is 1. The fourth-order valence-electron chi connectivity index (χ4n) is 2.23. The van der Waals surface area contributed by atoms with Crippen LogP contribution in [-0.2, 0) is 0 Å². The van der Waals surface area contributed by atoms with Gasteiger partial charge in [-0.2, -0.15) is 0 Å². The number of aliphatic hydroxyl groups is 1. The van der Waals surface area contributed by atoms with E-state index in [1.165, 1.54) is 12.8 Å². The van der Waals surface area contributed by atoms with E-state index in [9.17, 15) is 5.11 Å². The summed E-state index contributed by atoms with van der Waals surface area (Å²) in [6.45, 7) is 0.991. The SMILES string of the molecule is Nc1ccc(NCC2(CO)CCCC2)nn1. The highest BCUT2D eigenvalue weighted by atomic mass is 16.3. The highest BCUT2D eigenvalue weighted by Crippen LogP contribution is 2.37. The Morgan fingerprint density at radius 2 is 2.06 bits per heavy atom. The lowest BCUT2D eigenvalue weighted by atomic mass is 9.87. The zero-order valence-corrected chi connectivity index (χ0v) is 9.32. The Hall–Kier alpha value is -1.36. The third-order valence-corrected chi connectivity index (χ3v) is 3.33. The molecule has 0 aliphatic heterocycles. The van der Waals surface area contributed by atoms with Crippen molar-refractivity contribution < 1.29 is 5.11 Å². The van der Waals surface area contributed by atoms with Gasteiger partial charge >= 0.3 is 0 Å². The molecule has 88 valence electrons. The van der Waals surface area contributed by atoms with Crippen LogP contribution in [0.3, 0.4) is 0 Å². The summed E-state index contributed by atoms with van der Waals surface area (Å²) in [5.41, 5.74) is 5.49. The normalized spacial score (nSPS) is 18.6. The van der Waals surface area contributed by atoms with Crippen LogP contribution in [0.25, 0.3) is 0 Å². The van der Waals surface area contributed by atoms with Crippen LogP contribution in [-0.4, -0.2) is 28.5 Å². The van der Waals surface area contributed by atoms with Gasteiger partial charge in [-0.3, -0.25) is 0 Å². The van der Waals surface area contributed by atoms with E-state index in [0.717, 1.165) is 19.4 Å². The monoisotopic (exact) mass is 222 g/mol. The van der Waals surface area contributed by atoms with Gasteiger partial charge in [0.2, 0.25) is 0 Å². The lowest BCUT2D eigenvalue weighted by Crippen LogP contribution is -2.30. The van der Waals surface area contributed by atoms with Gasteiger partial charge in [-0.15, -0.1) is 10.2 Å². The third kappa shape index (κ3) is 2.41. The largest absolute Gasteiger partial charge is 0.396 e. The van der Waals surface area contributed by atoms with Gasteiger partial charge in [-0.05, 0) is 25.0 Å². The number of hydrogen-bond acceptors (Lipinski definition) is 5. The van der Waals surface area contributed by atoms with E-state index in [0.29, 0.717) is 11.6 Å². The Bertz CT molecular complexity index is 332. The molecule has 0 amide bonds. The molecule has 1 saturated carbocycles. The zero-order valence-electron chi connectivity index (χ0n) is 9.32. The third-order valence-electron chi connectivity index (χ3n) is 3.33. The molecule has 2 rings (SSSR count). The van der Waals surface area contributed by atoms with Gasteiger partial charge in [-0.1, -0.05) is 12.8 Å². The molecule has 0 bridgehead atoms. The van der Waals surface area contributed by atoms with Gasteiger partial charge in [0.05, 0.1) is 6.61 Å². The van der Waals surface area contributed by atoms with Gasteiger partial charge in [0.15, 0.2) is 0 Å². The first-order chi connectivity index (χ1) is 7.74. The molecule has 16 heavy (non-hydrogen) atoms. The number of rotatable bonds is 4. The van der Waals surface area contributed by atoms with Crippen molar-refractivity contribution in [2.24, 2.45) is 5.41 Å². The van der Waals surface area contributed by atoms with Crippen molar-refractivity contribution in [2.75, 3.05) is 24.2 Å². The second-order valence-electron chi connectivity index (χ2n) is 4.56. The van der Waals surface area contributed by atoms with Crippen LogP contribution >= 0.6 is 0 Å². The topological polar surface area (TPSA) is 84.1 Å². The smallest absolute Gasteiger partial charge is 0.148 e. The van der Waals surface area contributed by atoms with Gasteiger partial charge < -0.3 is 16.2 Å². The molecule has 0 unspecified atom stereocenters. The van der Waals surface area contributed by atoms with E-state index >= 15 is 0 Å². The number of aromatic nitrogens is 2. The first-order valence-corrected chi connectivity index (χ1v) is 5.68. The van der Waals surface area contributed by atoms with Crippen LogP contribution in [0.4, 0.5) is 11.6 Å². The molecule has 0 spiro atoms. The molecule has 1 aromatic heterocycles. The summed E-state index contributed by atoms with van der Waals surface area (Å²) in [6.07, 6.45) is 4.57. The molecule has 1 heterocycles. The van der Waals surface area contributed by atoms with E-state index in [-0.39, 0.29) is 12.0 Å². The van der Waals surface area contributed by atoms with Crippen molar-refractivity contribution in [3.05, 3.63) is 12.1 Å². The Labute approximate surface area is 95.1 Å². The zero-order chi connectivity index (χ0) is 11.4. The van der Waals surface area contributed by atoms with Crippen LogP contribution in [0, 0.1) is 5.41 Å². The maximum absolute atomic E-state index is 9.44. The number of nitrogens with one attached hydrogen (secondary N) is 1. The number of anilines is 2. The van der Waals surface area contributed by atoms with Crippen LogP contribution in [0.1, 0.15) is 25.7 Å². The van der Waals surface area contributed by atoms with E-state index in [4.69, 9.17) is 5.73 Å². The first-order valence-electron chi connectivity index (χ1n) is 5.68. The van der Waals surface area contributed by atoms with Crippen LogP contribution in [0.2, 0.25) is 0 Å². The van der Waals surface area contributed by atoms with Crippen molar-refractivity contribution in [1.29, 1.82) is 0 Å². The average molecular weight is 222 g/mol. The van der Waals surface area contributed by atoms with Crippen LogP contribution in [0.5, 0.6) is 0 Å². The summed E-state index contributed by atoms with van der Waals surface area (Å²) in [5.74, 6) is 1.14. The molecule has 1 aliphatic carbocycles. The maximum atomic E-state index is 9.44. The minimum Gasteiger partial charge on any atom is -0.396 e. The molecule has 5 heteroatoms. The van der Waals surface area contributed by atoms with E-state index in [1.54, 1.807) is 6.07 Å². The molecule has 0 atom stereocenters. The molecule has 1 fully saturated rings. The molecular weight excluding hydrogens is 204 g/mol. The quantitative estimate of drug-likeness (QED) is 0.708. The maximum Gasteiger partial charge on any atom is 0.148 e. The van der Waals surface area contributed by atoms with Crippen molar-refractivity contribution >= 4 is 11.6 Å². The summed E-state index contributed by atoms with van der Waals surface area (Å²) in [5, 5.41) is 20.4. The van der Waals surface area contributed by atoms with Gasteiger partial charge in [-0.25, -0.2) is 0 Å².